The Balaban J connectivity index is 2.15. The van der Waals surface area contributed by atoms with Crippen molar-refractivity contribution in [3.63, 3.8) is 0 Å². The summed E-state index contributed by atoms with van der Waals surface area (Å²) in [5, 5.41) is 0. The quantitative estimate of drug-likeness (QED) is 0.782. The third-order valence-electron chi connectivity index (χ3n) is 3.11. The van der Waals surface area contributed by atoms with Crippen LogP contribution in [-0.2, 0) is 6.42 Å². The molecule has 0 fully saturated rings. The Morgan fingerprint density at radius 3 is 2.84 bits per heavy atom. The van der Waals surface area contributed by atoms with Gasteiger partial charge in [0.1, 0.15) is 12.1 Å². The Hall–Kier alpha value is -2.20. The van der Waals surface area contributed by atoms with Gasteiger partial charge in [-0.05, 0) is 48.9 Å². The van der Waals surface area contributed by atoms with E-state index in [0.29, 0.717) is 13.0 Å². The average molecular weight is 255 g/mol. The van der Waals surface area contributed by atoms with E-state index in [1.54, 1.807) is 6.33 Å². The molecule has 1 heterocycles. The molecule has 3 aromatic rings. The van der Waals surface area contributed by atoms with E-state index in [0.717, 1.165) is 22.3 Å². The molecule has 0 amide bonds. The molecule has 1 aromatic heterocycles. The largest absolute Gasteiger partial charge is 0.330 e. The summed E-state index contributed by atoms with van der Waals surface area (Å²) in [5.41, 5.74) is 9.06. The van der Waals surface area contributed by atoms with E-state index < -0.39 is 0 Å². The van der Waals surface area contributed by atoms with E-state index in [-0.39, 0.29) is 5.82 Å². The smallest absolute Gasteiger partial charge is 0.125 e. The van der Waals surface area contributed by atoms with Crippen LogP contribution in [0.5, 0.6) is 0 Å². The van der Waals surface area contributed by atoms with Crippen LogP contribution < -0.4 is 5.73 Å². The van der Waals surface area contributed by atoms with Crippen molar-refractivity contribution in [1.82, 2.24) is 9.55 Å². The van der Waals surface area contributed by atoms with Crippen LogP contribution in [0.2, 0.25) is 0 Å². The molecule has 2 N–H and O–H groups in total. The maximum absolute atomic E-state index is 13.7. The van der Waals surface area contributed by atoms with Gasteiger partial charge in [0, 0.05) is 0 Å². The minimum absolute atomic E-state index is 0.251. The highest BCUT2D eigenvalue weighted by Gasteiger charge is 2.06. The second-order valence-corrected chi connectivity index (χ2v) is 4.46. The molecule has 0 aliphatic rings. The fourth-order valence-electron chi connectivity index (χ4n) is 2.25. The van der Waals surface area contributed by atoms with Gasteiger partial charge in [-0.2, -0.15) is 0 Å². The van der Waals surface area contributed by atoms with Gasteiger partial charge in [0.2, 0.25) is 0 Å². The molecule has 96 valence electrons. The number of nitrogens with two attached hydrogens (primary N) is 1. The van der Waals surface area contributed by atoms with Crippen LogP contribution in [0.1, 0.15) is 5.56 Å². The van der Waals surface area contributed by atoms with E-state index in [2.05, 4.69) is 4.98 Å². The van der Waals surface area contributed by atoms with Crippen LogP contribution in [0.25, 0.3) is 16.7 Å². The van der Waals surface area contributed by atoms with Crippen molar-refractivity contribution in [3.8, 4) is 5.69 Å². The molecule has 0 saturated heterocycles. The normalized spacial score (nSPS) is 11.1. The monoisotopic (exact) mass is 255 g/mol. The number of hydrogen-bond donors (Lipinski definition) is 1. The molecule has 0 saturated carbocycles. The van der Waals surface area contributed by atoms with Gasteiger partial charge in [0.15, 0.2) is 0 Å². The maximum Gasteiger partial charge on any atom is 0.125 e. The molecular formula is C15H14FN3. The van der Waals surface area contributed by atoms with Crippen molar-refractivity contribution in [2.45, 2.75) is 6.42 Å². The number of nitrogens with zero attached hydrogens (tertiary/aromatic N) is 2. The van der Waals surface area contributed by atoms with Crippen LogP contribution in [0.3, 0.4) is 0 Å². The van der Waals surface area contributed by atoms with E-state index in [4.69, 9.17) is 5.73 Å². The van der Waals surface area contributed by atoms with Crippen LogP contribution in [-0.4, -0.2) is 16.1 Å². The molecular weight excluding hydrogens is 241 g/mol. The fraction of sp³-hybridized carbons (Fsp3) is 0.133. The van der Waals surface area contributed by atoms with Gasteiger partial charge in [0.25, 0.3) is 0 Å². The van der Waals surface area contributed by atoms with Gasteiger partial charge in [-0.3, -0.25) is 4.57 Å². The molecule has 3 nitrogen and oxygen atoms in total. The fourth-order valence-corrected chi connectivity index (χ4v) is 2.25. The predicted octanol–water partition coefficient (Wildman–Crippen LogP) is 2.67. The number of halogens is 1. The van der Waals surface area contributed by atoms with E-state index >= 15 is 0 Å². The van der Waals surface area contributed by atoms with Crippen LogP contribution in [0, 0.1) is 5.82 Å². The standard InChI is InChI=1S/C15H14FN3/c16-12-7-11(5-6-17)8-13(9-12)19-10-18-14-3-1-2-4-15(14)19/h1-4,7-10H,5-6,17H2. The van der Waals surface area contributed by atoms with Gasteiger partial charge >= 0.3 is 0 Å². The first-order chi connectivity index (χ1) is 9.28. The Labute approximate surface area is 110 Å². The lowest BCUT2D eigenvalue weighted by molar-refractivity contribution is 0.624. The third-order valence-corrected chi connectivity index (χ3v) is 3.11. The Morgan fingerprint density at radius 2 is 2.00 bits per heavy atom. The molecule has 0 aliphatic heterocycles. The van der Waals surface area contributed by atoms with Crippen molar-refractivity contribution in [1.29, 1.82) is 0 Å². The lowest BCUT2D eigenvalue weighted by Gasteiger charge is -2.07. The topological polar surface area (TPSA) is 43.8 Å². The molecule has 3 rings (SSSR count). The molecule has 4 heteroatoms. The minimum atomic E-state index is -0.251. The van der Waals surface area contributed by atoms with Crippen molar-refractivity contribution >= 4 is 11.0 Å². The highest BCUT2D eigenvalue weighted by atomic mass is 19.1. The summed E-state index contributed by atoms with van der Waals surface area (Å²) in [5.74, 6) is -0.251. The Morgan fingerprint density at radius 1 is 1.16 bits per heavy atom. The summed E-state index contributed by atoms with van der Waals surface area (Å²) < 4.78 is 15.6. The number of imidazole rings is 1. The molecule has 0 spiro atoms. The van der Waals surface area contributed by atoms with Gasteiger partial charge in [-0.1, -0.05) is 12.1 Å². The molecule has 19 heavy (non-hydrogen) atoms. The molecule has 0 atom stereocenters. The zero-order valence-electron chi connectivity index (χ0n) is 10.4. The van der Waals surface area contributed by atoms with Crippen molar-refractivity contribution in [2.24, 2.45) is 5.73 Å². The first-order valence-corrected chi connectivity index (χ1v) is 6.20. The summed E-state index contributed by atoms with van der Waals surface area (Å²) in [4.78, 5) is 4.32. The summed E-state index contributed by atoms with van der Waals surface area (Å²) in [6, 6.07) is 12.8. The van der Waals surface area contributed by atoms with Crippen molar-refractivity contribution in [2.75, 3.05) is 6.54 Å². The third kappa shape index (κ3) is 2.22. The zero-order chi connectivity index (χ0) is 13.2. The highest BCUT2D eigenvalue weighted by Crippen LogP contribution is 2.20. The predicted molar refractivity (Wildman–Crippen MR) is 73.8 cm³/mol. The average Bonchev–Trinajstić information content (AvgIpc) is 2.82. The molecule has 0 unspecified atom stereocenters. The minimum Gasteiger partial charge on any atom is -0.330 e. The van der Waals surface area contributed by atoms with Gasteiger partial charge in [0.05, 0.1) is 16.7 Å². The molecule has 0 aliphatic carbocycles. The van der Waals surface area contributed by atoms with Crippen molar-refractivity contribution in [3.05, 3.63) is 60.2 Å². The van der Waals surface area contributed by atoms with Crippen LogP contribution in [0.4, 0.5) is 4.39 Å². The second kappa shape index (κ2) is 4.82. The van der Waals surface area contributed by atoms with E-state index in [1.165, 1.54) is 12.1 Å². The summed E-state index contributed by atoms with van der Waals surface area (Å²) in [6.07, 6.45) is 2.38. The van der Waals surface area contributed by atoms with Crippen LogP contribution >= 0.6 is 0 Å². The lowest BCUT2D eigenvalue weighted by Crippen LogP contribution is -2.04. The van der Waals surface area contributed by atoms with Gasteiger partial charge in [-0.15, -0.1) is 0 Å². The number of benzene rings is 2. The molecule has 0 radical (unpaired) electrons. The number of fused-ring (bicyclic) bond motifs is 1. The first-order valence-electron chi connectivity index (χ1n) is 6.20. The maximum atomic E-state index is 13.7. The van der Waals surface area contributed by atoms with Crippen LogP contribution in [0.15, 0.2) is 48.8 Å². The number of para-hydroxylation sites is 2. The van der Waals surface area contributed by atoms with Gasteiger partial charge < -0.3 is 5.73 Å². The summed E-state index contributed by atoms with van der Waals surface area (Å²) in [7, 11) is 0. The van der Waals surface area contributed by atoms with E-state index in [9.17, 15) is 4.39 Å². The Kier molecular flexibility index (Phi) is 3.01. The lowest BCUT2D eigenvalue weighted by atomic mass is 10.1. The highest BCUT2D eigenvalue weighted by molar-refractivity contribution is 5.77. The Bertz CT molecular complexity index is 718. The second-order valence-electron chi connectivity index (χ2n) is 4.46. The number of rotatable bonds is 3. The summed E-state index contributed by atoms with van der Waals surface area (Å²) in [6.45, 7) is 0.508. The first kappa shape index (κ1) is 11.9. The number of hydrogen-bond acceptors (Lipinski definition) is 2. The molecule has 2 aromatic carbocycles. The number of aromatic nitrogens is 2. The van der Waals surface area contributed by atoms with Gasteiger partial charge in [-0.25, -0.2) is 9.37 Å². The van der Waals surface area contributed by atoms with Crippen molar-refractivity contribution < 1.29 is 4.39 Å². The molecule has 0 bridgehead atoms. The SMILES string of the molecule is NCCc1cc(F)cc(-n2cnc3ccccc32)c1. The zero-order valence-corrected chi connectivity index (χ0v) is 10.4. The summed E-state index contributed by atoms with van der Waals surface area (Å²) >= 11 is 0. The van der Waals surface area contributed by atoms with E-state index in [1.807, 2.05) is 34.9 Å².